The number of aromatic nitrogens is 2. The molecular formula is C31H37ClN4O3S. The number of thioether (sulfide) groups is 1. The zero-order chi connectivity index (χ0) is 28.6. The van der Waals surface area contributed by atoms with Gasteiger partial charge in [0.1, 0.15) is 12.4 Å². The fourth-order valence-corrected chi connectivity index (χ4v) is 6.76. The molecule has 5 rings (SSSR count). The number of carbonyl (C=O) groups excluding carboxylic acids is 2. The number of benzene rings is 2. The third kappa shape index (κ3) is 5.80. The zero-order valence-electron chi connectivity index (χ0n) is 23.8. The van der Waals surface area contributed by atoms with Gasteiger partial charge >= 0.3 is 0 Å². The van der Waals surface area contributed by atoms with Gasteiger partial charge in [-0.05, 0) is 61.6 Å². The second-order valence-electron chi connectivity index (χ2n) is 11.6. The summed E-state index contributed by atoms with van der Waals surface area (Å²) < 4.78 is 7.56. The number of rotatable bonds is 6. The van der Waals surface area contributed by atoms with Crippen molar-refractivity contribution < 1.29 is 14.3 Å². The Bertz CT molecular complexity index is 1420. The number of amides is 2. The van der Waals surface area contributed by atoms with E-state index >= 15 is 0 Å². The van der Waals surface area contributed by atoms with Crippen LogP contribution in [0, 0.1) is 13.8 Å². The second kappa shape index (κ2) is 11.6. The maximum absolute atomic E-state index is 13.8. The van der Waals surface area contributed by atoms with E-state index in [-0.39, 0.29) is 40.9 Å². The molecule has 1 N–H and O–H groups in total. The highest BCUT2D eigenvalue weighted by atomic mass is 35.5. The van der Waals surface area contributed by atoms with Crippen LogP contribution in [0.4, 0.5) is 5.82 Å². The van der Waals surface area contributed by atoms with Crippen LogP contribution in [-0.4, -0.2) is 53.1 Å². The minimum absolute atomic E-state index is 0.0232. The summed E-state index contributed by atoms with van der Waals surface area (Å²) in [7, 11) is 0. The summed E-state index contributed by atoms with van der Waals surface area (Å²) in [4.78, 5) is 28.8. The normalized spacial score (nSPS) is 19.4. The van der Waals surface area contributed by atoms with E-state index in [0.717, 1.165) is 53.1 Å². The van der Waals surface area contributed by atoms with Crippen molar-refractivity contribution in [3.63, 3.8) is 0 Å². The third-order valence-electron chi connectivity index (χ3n) is 7.61. The van der Waals surface area contributed by atoms with Crippen LogP contribution >= 0.6 is 23.4 Å². The van der Waals surface area contributed by atoms with Crippen LogP contribution in [-0.2, 0) is 19.7 Å². The summed E-state index contributed by atoms with van der Waals surface area (Å²) in [6.07, 6.45) is 1.95. The van der Waals surface area contributed by atoms with Crippen LogP contribution in [0.25, 0.3) is 5.69 Å². The number of anilines is 1. The summed E-state index contributed by atoms with van der Waals surface area (Å²) >= 11 is 8.00. The number of halogens is 1. The van der Waals surface area contributed by atoms with Gasteiger partial charge in [-0.1, -0.05) is 56.6 Å². The molecule has 1 aromatic heterocycles. The molecule has 0 saturated carbocycles. The number of carbonyl (C=O) groups is 2. The minimum Gasteiger partial charge on any atom is -0.376 e. The van der Waals surface area contributed by atoms with Crippen molar-refractivity contribution in [3.05, 3.63) is 75.4 Å². The number of fused-ring (bicyclic) bond motifs is 1. The Morgan fingerprint density at radius 2 is 1.98 bits per heavy atom. The van der Waals surface area contributed by atoms with Crippen molar-refractivity contribution in [1.82, 2.24) is 15.1 Å². The van der Waals surface area contributed by atoms with Crippen LogP contribution in [0.5, 0.6) is 0 Å². The Kier molecular flexibility index (Phi) is 8.32. The Morgan fingerprint density at radius 3 is 2.67 bits per heavy atom. The van der Waals surface area contributed by atoms with Crippen LogP contribution in [0.2, 0.25) is 5.02 Å². The lowest BCUT2D eigenvalue weighted by atomic mass is 9.87. The molecule has 3 aromatic rings. The molecule has 1 saturated heterocycles. The lowest BCUT2D eigenvalue weighted by Gasteiger charge is -2.25. The Balaban J connectivity index is 1.68. The molecule has 2 aromatic carbocycles. The predicted molar refractivity (Wildman–Crippen MR) is 162 cm³/mol. The van der Waals surface area contributed by atoms with E-state index < -0.39 is 0 Å². The molecule has 0 bridgehead atoms. The average molecular weight is 581 g/mol. The molecule has 0 radical (unpaired) electrons. The molecular weight excluding hydrogens is 544 g/mol. The van der Waals surface area contributed by atoms with E-state index in [1.54, 1.807) is 16.7 Å². The first kappa shape index (κ1) is 28.7. The van der Waals surface area contributed by atoms with Gasteiger partial charge in [-0.15, -0.1) is 11.8 Å². The van der Waals surface area contributed by atoms with Gasteiger partial charge in [0.25, 0.3) is 0 Å². The van der Waals surface area contributed by atoms with Gasteiger partial charge < -0.3 is 10.1 Å². The molecule has 2 aliphatic rings. The Hall–Kier alpha value is -2.81. The van der Waals surface area contributed by atoms with Gasteiger partial charge in [0.2, 0.25) is 11.8 Å². The first-order chi connectivity index (χ1) is 19.0. The molecule has 7 nitrogen and oxygen atoms in total. The lowest BCUT2D eigenvalue weighted by Crippen LogP contribution is -2.44. The Labute approximate surface area is 245 Å². The van der Waals surface area contributed by atoms with E-state index in [9.17, 15) is 9.59 Å². The van der Waals surface area contributed by atoms with Crippen LogP contribution in [0.3, 0.4) is 0 Å². The lowest BCUT2D eigenvalue weighted by molar-refractivity contribution is -0.123. The van der Waals surface area contributed by atoms with Crippen LogP contribution in [0.15, 0.2) is 42.5 Å². The molecule has 40 heavy (non-hydrogen) atoms. The van der Waals surface area contributed by atoms with E-state index in [0.29, 0.717) is 17.4 Å². The van der Waals surface area contributed by atoms with Crippen molar-refractivity contribution in [1.29, 1.82) is 0 Å². The maximum Gasteiger partial charge on any atom is 0.240 e. The topological polar surface area (TPSA) is 76.5 Å². The maximum atomic E-state index is 13.8. The summed E-state index contributed by atoms with van der Waals surface area (Å²) in [5, 5.41) is 8.65. The fourth-order valence-electron chi connectivity index (χ4n) is 5.37. The van der Waals surface area contributed by atoms with Gasteiger partial charge in [0, 0.05) is 29.2 Å². The summed E-state index contributed by atoms with van der Waals surface area (Å²) in [5.74, 6) is 0.522. The third-order valence-corrected chi connectivity index (χ3v) is 9.10. The Morgan fingerprint density at radius 1 is 1.20 bits per heavy atom. The fraction of sp³-hybridized carbons (Fsp3) is 0.452. The van der Waals surface area contributed by atoms with Crippen molar-refractivity contribution in [2.75, 3.05) is 30.3 Å². The number of ether oxygens (including phenoxy) is 1. The van der Waals surface area contributed by atoms with E-state index in [2.05, 4.69) is 46.0 Å². The van der Waals surface area contributed by atoms with Gasteiger partial charge in [-0.25, -0.2) is 4.68 Å². The second-order valence-corrected chi connectivity index (χ2v) is 13.2. The smallest absolute Gasteiger partial charge is 0.240 e. The van der Waals surface area contributed by atoms with E-state index in [1.165, 1.54) is 0 Å². The average Bonchev–Trinajstić information content (AvgIpc) is 3.53. The quantitative estimate of drug-likeness (QED) is 0.392. The first-order valence-corrected chi connectivity index (χ1v) is 15.2. The molecule has 9 heteroatoms. The first-order valence-electron chi connectivity index (χ1n) is 13.8. The highest BCUT2D eigenvalue weighted by Crippen LogP contribution is 2.48. The molecule has 0 aliphatic carbocycles. The molecule has 2 amide bonds. The van der Waals surface area contributed by atoms with Crippen molar-refractivity contribution in [3.8, 4) is 5.69 Å². The summed E-state index contributed by atoms with van der Waals surface area (Å²) in [5.41, 5.74) is 5.59. The largest absolute Gasteiger partial charge is 0.376 e. The number of nitrogens with zero attached hydrogens (tertiary/aromatic N) is 3. The van der Waals surface area contributed by atoms with Gasteiger partial charge in [-0.3, -0.25) is 14.5 Å². The molecule has 2 unspecified atom stereocenters. The van der Waals surface area contributed by atoms with Gasteiger partial charge in [0.05, 0.1) is 28.5 Å². The van der Waals surface area contributed by atoms with Crippen molar-refractivity contribution in [2.45, 2.75) is 64.2 Å². The minimum atomic E-state index is -0.328. The summed E-state index contributed by atoms with van der Waals surface area (Å²) in [6.45, 7) is 11.6. The molecule has 2 atom stereocenters. The highest BCUT2D eigenvalue weighted by molar-refractivity contribution is 8.00. The number of hydrogen-bond donors (Lipinski definition) is 1. The standard InChI is InChI=1S/C31H37ClN4O3S/c1-19-9-6-13-24(20(19)2)36-30-27(29(34-36)31(3,4)5)28(21-10-7-11-22(32)15-21)40-18-26(38)35(30)17-25(37)33-16-23-12-8-14-39-23/h6-7,9-11,13,15,23,28H,8,12,14,16-18H2,1-5H3,(H,33,37). The number of nitrogens with one attached hydrogen (secondary N) is 1. The van der Waals surface area contributed by atoms with Crippen LogP contribution < -0.4 is 10.2 Å². The van der Waals surface area contributed by atoms with Crippen LogP contribution in [0.1, 0.15) is 66.8 Å². The predicted octanol–water partition coefficient (Wildman–Crippen LogP) is 5.90. The SMILES string of the molecule is Cc1cccc(-n2nc(C(C)(C)C)c3c2N(CC(=O)NCC2CCCO2)C(=O)CSC3c2cccc(Cl)c2)c1C. The molecule has 0 spiro atoms. The van der Waals surface area contributed by atoms with Crippen molar-refractivity contribution >= 4 is 41.0 Å². The van der Waals surface area contributed by atoms with Crippen molar-refractivity contribution in [2.24, 2.45) is 0 Å². The van der Waals surface area contributed by atoms with Gasteiger partial charge in [-0.2, -0.15) is 5.10 Å². The zero-order valence-corrected chi connectivity index (χ0v) is 25.4. The van der Waals surface area contributed by atoms with E-state index in [1.807, 2.05) is 41.1 Å². The monoisotopic (exact) mass is 580 g/mol. The molecule has 212 valence electrons. The van der Waals surface area contributed by atoms with Gasteiger partial charge in [0.15, 0.2) is 0 Å². The molecule has 2 aliphatic heterocycles. The number of aryl methyl sites for hydroxylation is 1. The molecule has 3 heterocycles. The number of hydrogen-bond acceptors (Lipinski definition) is 5. The molecule has 1 fully saturated rings. The van der Waals surface area contributed by atoms with E-state index in [4.69, 9.17) is 21.4 Å². The highest BCUT2D eigenvalue weighted by Gasteiger charge is 2.40. The summed E-state index contributed by atoms with van der Waals surface area (Å²) in [6, 6.07) is 13.9.